The zero-order valence-electron chi connectivity index (χ0n) is 15.1. The Kier molecular flexibility index (Phi) is 4.32. The molecule has 4 rings (SSSR count). The number of imidazole rings is 1. The second-order valence-corrected chi connectivity index (χ2v) is 7.04. The fourth-order valence-corrected chi connectivity index (χ4v) is 3.69. The first-order valence-electron chi connectivity index (χ1n) is 8.99. The van der Waals surface area contributed by atoms with Crippen molar-refractivity contribution >= 4 is 5.91 Å². The maximum Gasteiger partial charge on any atom is 0.272 e. The number of hydrogen-bond donors (Lipinski definition) is 1. The third kappa shape index (κ3) is 3.03. The molecule has 1 unspecified atom stereocenters. The molecular weight excluding hydrogens is 326 g/mol. The maximum atomic E-state index is 12.8. The van der Waals surface area contributed by atoms with Gasteiger partial charge in [0.25, 0.3) is 5.91 Å². The standard InChI is InChI=1S/C20H23N5O/c1-14-5-7-15(8-6-14)17-10-22-23-19(17)16-4-3-9-25(12-16)20(26)18-11-21-13-24(18)2/h5-8,10-11,13,16H,3-4,9,12H2,1-2H3,(H,22,23). The van der Waals surface area contributed by atoms with Crippen molar-refractivity contribution in [1.82, 2.24) is 24.6 Å². The molecule has 134 valence electrons. The number of likely N-dealkylation sites (tertiary alicyclic amines) is 1. The predicted octanol–water partition coefficient (Wildman–Crippen LogP) is 3.14. The highest BCUT2D eigenvalue weighted by Crippen LogP contribution is 2.33. The molecule has 1 aliphatic rings. The first-order chi connectivity index (χ1) is 12.6. The molecule has 1 N–H and O–H groups in total. The van der Waals surface area contributed by atoms with Gasteiger partial charge in [-0.2, -0.15) is 5.10 Å². The third-order valence-electron chi connectivity index (χ3n) is 5.18. The number of aromatic amines is 1. The zero-order chi connectivity index (χ0) is 18.1. The highest BCUT2D eigenvalue weighted by molar-refractivity contribution is 5.92. The lowest BCUT2D eigenvalue weighted by Gasteiger charge is -2.32. The molecule has 0 radical (unpaired) electrons. The molecule has 3 aromatic rings. The van der Waals surface area contributed by atoms with E-state index in [9.17, 15) is 4.79 Å². The number of rotatable bonds is 3. The topological polar surface area (TPSA) is 66.8 Å². The second kappa shape index (κ2) is 6.78. The van der Waals surface area contributed by atoms with Crippen molar-refractivity contribution in [2.24, 2.45) is 7.05 Å². The molecule has 1 saturated heterocycles. The first-order valence-corrected chi connectivity index (χ1v) is 8.99. The van der Waals surface area contributed by atoms with Crippen LogP contribution in [-0.4, -0.2) is 43.6 Å². The highest BCUT2D eigenvalue weighted by atomic mass is 16.2. The molecular formula is C20H23N5O. The Hall–Kier alpha value is -2.89. The minimum Gasteiger partial charge on any atom is -0.337 e. The number of carbonyl (C=O) groups excluding carboxylic acids is 1. The summed E-state index contributed by atoms with van der Waals surface area (Å²) in [7, 11) is 1.85. The summed E-state index contributed by atoms with van der Waals surface area (Å²) in [6, 6.07) is 8.49. The van der Waals surface area contributed by atoms with E-state index >= 15 is 0 Å². The smallest absolute Gasteiger partial charge is 0.272 e. The first kappa shape index (κ1) is 16.6. The Morgan fingerprint density at radius 2 is 2.04 bits per heavy atom. The molecule has 1 atom stereocenters. The zero-order valence-corrected chi connectivity index (χ0v) is 15.1. The van der Waals surface area contributed by atoms with E-state index in [1.165, 1.54) is 5.56 Å². The summed E-state index contributed by atoms with van der Waals surface area (Å²) in [5, 5.41) is 7.48. The Morgan fingerprint density at radius 1 is 1.23 bits per heavy atom. The van der Waals surface area contributed by atoms with E-state index in [1.54, 1.807) is 17.1 Å². The Balaban J connectivity index is 1.57. The van der Waals surface area contributed by atoms with Crippen LogP contribution in [0, 0.1) is 6.92 Å². The molecule has 3 heterocycles. The van der Waals surface area contributed by atoms with Gasteiger partial charge in [-0.25, -0.2) is 4.98 Å². The molecule has 1 amide bonds. The van der Waals surface area contributed by atoms with E-state index in [1.807, 2.05) is 18.1 Å². The average Bonchev–Trinajstić information content (AvgIpc) is 3.31. The van der Waals surface area contributed by atoms with Gasteiger partial charge in [0.15, 0.2) is 0 Å². The predicted molar refractivity (Wildman–Crippen MR) is 99.8 cm³/mol. The molecule has 6 nitrogen and oxygen atoms in total. The molecule has 0 saturated carbocycles. The summed E-state index contributed by atoms with van der Waals surface area (Å²) in [6.07, 6.45) is 7.23. The number of carbonyl (C=O) groups is 1. The van der Waals surface area contributed by atoms with Crippen LogP contribution in [0.25, 0.3) is 11.1 Å². The molecule has 1 aromatic carbocycles. The van der Waals surface area contributed by atoms with Crippen molar-refractivity contribution in [1.29, 1.82) is 0 Å². The molecule has 2 aromatic heterocycles. The van der Waals surface area contributed by atoms with Gasteiger partial charge in [0.2, 0.25) is 0 Å². The molecule has 1 aliphatic heterocycles. The van der Waals surface area contributed by atoms with Crippen molar-refractivity contribution in [3.63, 3.8) is 0 Å². The molecule has 0 bridgehead atoms. The number of H-pyrrole nitrogens is 1. The van der Waals surface area contributed by atoms with Crippen LogP contribution in [0.5, 0.6) is 0 Å². The van der Waals surface area contributed by atoms with Crippen molar-refractivity contribution in [2.75, 3.05) is 13.1 Å². The van der Waals surface area contributed by atoms with Gasteiger partial charge in [-0.15, -0.1) is 0 Å². The SMILES string of the molecule is Cc1ccc(-c2cn[nH]c2C2CCCN(C(=O)c3cncn3C)C2)cc1. The summed E-state index contributed by atoms with van der Waals surface area (Å²) in [5.74, 6) is 0.311. The number of aromatic nitrogens is 4. The van der Waals surface area contributed by atoms with Gasteiger partial charge in [-0.1, -0.05) is 29.8 Å². The normalized spacial score (nSPS) is 17.5. The van der Waals surface area contributed by atoms with Gasteiger partial charge in [-0.3, -0.25) is 9.89 Å². The van der Waals surface area contributed by atoms with E-state index in [4.69, 9.17) is 0 Å². The fraction of sp³-hybridized carbons (Fsp3) is 0.350. The van der Waals surface area contributed by atoms with E-state index < -0.39 is 0 Å². The van der Waals surface area contributed by atoms with Crippen molar-refractivity contribution < 1.29 is 4.79 Å². The summed E-state index contributed by atoms with van der Waals surface area (Å²) in [5.41, 5.74) is 5.29. The van der Waals surface area contributed by atoms with Crippen LogP contribution in [0.2, 0.25) is 0 Å². The van der Waals surface area contributed by atoms with E-state index in [0.717, 1.165) is 36.2 Å². The minimum atomic E-state index is 0.0473. The molecule has 0 spiro atoms. The largest absolute Gasteiger partial charge is 0.337 e. The van der Waals surface area contributed by atoms with Crippen LogP contribution in [0.3, 0.4) is 0 Å². The number of amides is 1. The third-order valence-corrected chi connectivity index (χ3v) is 5.18. The van der Waals surface area contributed by atoms with E-state index in [0.29, 0.717) is 12.2 Å². The van der Waals surface area contributed by atoms with E-state index in [-0.39, 0.29) is 11.8 Å². The molecule has 6 heteroatoms. The van der Waals surface area contributed by atoms with Gasteiger partial charge < -0.3 is 9.47 Å². The summed E-state index contributed by atoms with van der Waals surface area (Å²) in [6.45, 7) is 3.57. The fourth-order valence-electron chi connectivity index (χ4n) is 3.69. The van der Waals surface area contributed by atoms with Crippen molar-refractivity contribution in [3.8, 4) is 11.1 Å². The summed E-state index contributed by atoms with van der Waals surface area (Å²) < 4.78 is 1.78. The van der Waals surface area contributed by atoms with Gasteiger partial charge >= 0.3 is 0 Å². The van der Waals surface area contributed by atoms with Gasteiger partial charge in [0.05, 0.1) is 18.7 Å². The van der Waals surface area contributed by atoms with Gasteiger partial charge in [0, 0.05) is 37.3 Å². The number of nitrogens with one attached hydrogen (secondary N) is 1. The van der Waals surface area contributed by atoms with Gasteiger partial charge in [-0.05, 0) is 25.3 Å². The Bertz CT molecular complexity index is 908. The number of benzene rings is 1. The maximum absolute atomic E-state index is 12.8. The summed E-state index contributed by atoms with van der Waals surface area (Å²) in [4.78, 5) is 18.8. The van der Waals surface area contributed by atoms with E-state index in [2.05, 4.69) is 46.4 Å². The van der Waals surface area contributed by atoms with Crippen LogP contribution < -0.4 is 0 Å². The Labute approximate surface area is 152 Å². The number of piperidine rings is 1. The molecule has 26 heavy (non-hydrogen) atoms. The Morgan fingerprint density at radius 3 is 2.77 bits per heavy atom. The molecule has 0 aliphatic carbocycles. The van der Waals surface area contributed by atoms with Crippen LogP contribution >= 0.6 is 0 Å². The number of nitrogens with zero attached hydrogens (tertiary/aromatic N) is 4. The lowest BCUT2D eigenvalue weighted by atomic mass is 9.90. The lowest BCUT2D eigenvalue weighted by molar-refractivity contribution is 0.0696. The highest BCUT2D eigenvalue weighted by Gasteiger charge is 2.29. The van der Waals surface area contributed by atoms with Crippen LogP contribution in [0.4, 0.5) is 0 Å². The van der Waals surface area contributed by atoms with Crippen molar-refractivity contribution in [2.45, 2.75) is 25.7 Å². The molecule has 1 fully saturated rings. The second-order valence-electron chi connectivity index (χ2n) is 7.04. The average molecular weight is 349 g/mol. The summed E-state index contributed by atoms with van der Waals surface area (Å²) >= 11 is 0. The monoisotopic (exact) mass is 349 g/mol. The van der Waals surface area contributed by atoms with Crippen molar-refractivity contribution in [3.05, 3.63) is 59.9 Å². The lowest BCUT2D eigenvalue weighted by Crippen LogP contribution is -2.40. The quantitative estimate of drug-likeness (QED) is 0.790. The van der Waals surface area contributed by atoms with Crippen LogP contribution in [0.15, 0.2) is 43.0 Å². The minimum absolute atomic E-state index is 0.0473. The number of hydrogen-bond acceptors (Lipinski definition) is 3. The van der Waals surface area contributed by atoms with Gasteiger partial charge in [0.1, 0.15) is 5.69 Å². The van der Waals surface area contributed by atoms with Crippen LogP contribution in [0.1, 0.15) is 40.5 Å². The van der Waals surface area contributed by atoms with Crippen LogP contribution in [-0.2, 0) is 7.05 Å². The number of aryl methyl sites for hydroxylation is 2.